The molecule has 9 heteroatoms. The lowest BCUT2D eigenvalue weighted by atomic mass is 10.1. The van der Waals surface area contributed by atoms with Crippen molar-refractivity contribution in [3.8, 4) is 0 Å². The first-order valence-electron chi connectivity index (χ1n) is 6.66. The summed E-state index contributed by atoms with van der Waals surface area (Å²) < 4.78 is 7.37. The van der Waals surface area contributed by atoms with E-state index in [1.54, 1.807) is 0 Å². The first-order chi connectivity index (χ1) is 10.1. The van der Waals surface area contributed by atoms with Crippen molar-refractivity contribution in [2.75, 3.05) is 12.3 Å². The fourth-order valence-corrected chi connectivity index (χ4v) is 3.14. The van der Waals surface area contributed by atoms with Crippen molar-refractivity contribution < 1.29 is 20.1 Å². The van der Waals surface area contributed by atoms with Crippen LogP contribution in [0, 0.1) is 5.92 Å². The molecule has 1 saturated heterocycles. The molecule has 2 aromatic heterocycles. The van der Waals surface area contributed by atoms with Gasteiger partial charge in [-0.2, -0.15) is 0 Å². The summed E-state index contributed by atoms with van der Waals surface area (Å²) in [5.41, 5.74) is 5.69. The molecule has 21 heavy (non-hydrogen) atoms. The van der Waals surface area contributed by atoms with Crippen LogP contribution in [0.5, 0.6) is 0 Å². The van der Waals surface area contributed by atoms with Crippen molar-refractivity contribution in [2.24, 2.45) is 5.92 Å². The topological polar surface area (TPSA) is 140 Å². The second-order valence-electron chi connectivity index (χ2n) is 5.57. The summed E-state index contributed by atoms with van der Waals surface area (Å²) >= 11 is 0. The van der Waals surface area contributed by atoms with E-state index in [0.29, 0.717) is 17.6 Å². The summed E-state index contributed by atoms with van der Waals surface area (Å²) in [6.45, 7) is -0.0870. The number of nitrogens with zero attached hydrogens (tertiary/aromatic N) is 4. The van der Waals surface area contributed by atoms with Crippen molar-refractivity contribution in [1.82, 2.24) is 19.5 Å². The molecular weight excluding hydrogens is 278 g/mol. The number of hydrogen-bond donors (Lipinski definition) is 4. The summed E-state index contributed by atoms with van der Waals surface area (Å²) in [6, 6.07) is 0. The van der Waals surface area contributed by atoms with Gasteiger partial charge in [-0.3, -0.25) is 4.57 Å². The van der Waals surface area contributed by atoms with E-state index in [1.807, 2.05) is 0 Å². The van der Waals surface area contributed by atoms with Gasteiger partial charge >= 0.3 is 0 Å². The number of rotatable bonds is 2. The third-order valence-electron chi connectivity index (χ3n) is 4.43. The standard InChI is InChI=1S/C12H15N5O4/c13-9-6-10(15-3-14-9)17(4-16-6)11-7(19)8(20)12(21-11)1-5(12)2-18/h3-5,7-8,11,18-20H,1-2H2,(H2,13,14,15)/t5-,7+,8?,11-,12+/m1/s1. The Bertz CT molecular complexity index is 706. The molecule has 1 aliphatic heterocycles. The Hall–Kier alpha value is -1.81. The summed E-state index contributed by atoms with van der Waals surface area (Å²) in [5.74, 6) is 0.0720. The van der Waals surface area contributed by atoms with Crippen LogP contribution < -0.4 is 5.73 Å². The summed E-state index contributed by atoms with van der Waals surface area (Å²) in [6.07, 6.45) is 0.257. The van der Waals surface area contributed by atoms with Crippen LogP contribution in [0.3, 0.4) is 0 Å². The van der Waals surface area contributed by atoms with Crippen LogP contribution in [0.1, 0.15) is 12.6 Å². The van der Waals surface area contributed by atoms with Crippen molar-refractivity contribution in [2.45, 2.75) is 30.5 Å². The monoisotopic (exact) mass is 293 g/mol. The molecule has 5 atom stereocenters. The number of nitrogen functional groups attached to an aromatic ring is 1. The average Bonchev–Trinajstić information content (AvgIpc) is 2.94. The molecule has 1 spiro atoms. The molecule has 3 heterocycles. The number of fused-ring (bicyclic) bond motifs is 1. The second kappa shape index (κ2) is 4.10. The van der Waals surface area contributed by atoms with E-state index < -0.39 is 24.0 Å². The smallest absolute Gasteiger partial charge is 0.167 e. The van der Waals surface area contributed by atoms with Crippen LogP contribution in [-0.2, 0) is 4.74 Å². The zero-order chi connectivity index (χ0) is 14.8. The molecule has 0 radical (unpaired) electrons. The second-order valence-corrected chi connectivity index (χ2v) is 5.57. The predicted octanol–water partition coefficient (Wildman–Crippen LogP) is -1.59. The molecule has 1 unspecified atom stereocenters. The maximum atomic E-state index is 10.3. The van der Waals surface area contributed by atoms with E-state index in [9.17, 15) is 15.3 Å². The van der Waals surface area contributed by atoms with E-state index in [1.165, 1.54) is 17.2 Å². The molecule has 2 aromatic rings. The third-order valence-corrected chi connectivity index (χ3v) is 4.43. The Kier molecular flexibility index (Phi) is 2.52. The molecule has 0 aromatic carbocycles. The van der Waals surface area contributed by atoms with Crippen LogP contribution in [-0.4, -0.2) is 59.3 Å². The van der Waals surface area contributed by atoms with E-state index in [-0.39, 0.29) is 18.3 Å². The zero-order valence-electron chi connectivity index (χ0n) is 11.0. The molecule has 5 N–H and O–H groups in total. The largest absolute Gasteiger partial charge is 0.396 e. The number of imidazole rings is 1. The van der Waals surface area contributed by atoms with Gasteiger partial charge in [-0.15, -0.1) is 0 Å². The van der Waals surface area contributed by atoms with E-state index in [0.717, 1.165) is 0 Å². The molecule has 2 fully saturated rings. The Labute approximate surface area is 119 Å². The Morgan fingerprint density at radius 3 is 2.90 bits per heavy atom. The average molecular weight is 293 g/mol. The van der Waals surface area contributed by atoms with Crippen LogP contribution in [0.2, 0.25) is 0 Å². The maximum absolute atomic E-state index is 10.3. The van der Waals surface area contributed by atoms with Crippen molar-refractivity contribution >= 4 is 17.0 Å². The first kappa shape index (κ1) is 12.9. The number of hydrogen-bond acceptors (Lipinski definition) is 8. The van der Waals surface area contributed by atoms with Gasteiger partial charge in [-0.1, -0.05) is 0 Å². The highest BCUT2D eigenvalue weighted by molar-refractivity contribution is 5.81. The molecule has 0 bridgehead atoms. The molecule has 112 valence electrons. The fraction of sp³-hybridized carbons (Fsp3) is 0.583. The normalized spacial score (nSPS) is 38.4. The Balaban J connectivity index is 1.75. The fourth-order valence-electron chi connectivity index (χ4n) is 3.14. The number of aliphatic hydroxyl groups is 3. The number of nitrogens with two attached hydrogens (primary N) is 1. The number of aliphatic hydroxyl groups excluding tert-OH is 3. The Morgan fingerprint density at radius 1 is 1.38 bits per heavy atom. The lowest BCUT2D eigenvalue weighted by Gasteiger charge is -2.16. The molecule has 4 rings (SSSR count). The van der Waals surface area contributed by atoms with Gasteiger partial charge in [-0.05, 0) is 6.42 Å². The van der Waals surface area contributed by atoms with Gasteiger partial charge in [0.25, 0.3) is 0 Å². The third kappa shape index (κ3) is 1.57. The van der Waals surface area contributed by atoms with Gasteiger partial charge in [0.05, 0.1) is 6.33 Å². The SMILES string of the molecule is Nc1ncnc2c1ncn2[C@@H]1O[C@]2(C[C@@H]2CO)C(O)[C@@H]1O. The lowest BCUT2D eigenvalue weighted by molar-refractivity contribution is -0.0563. The zero-order valence-corrected chi connectivity index (χ0v) is 11.0. The van der Waals surface area contributed by atoms with Crippen molar-refractivity contribution in [3.05, 3.63) is 12.7 Å². The van der Waals surface area contributed by atoms with Gasteiger partial charge in [0.2, 0.25) is 0 Å². The highest BCUT2D eigenvalue weighted by Gasteiger charge is 2.68. The molecular formula is C12H15N5O4. The lowest BCUT2D eigenvalue weighted by Crippen LogP contribution is -2.34. The number of anilines is 1. The number of ether oxygens (including phenoxy) is 1. The maximum Gasteiger partial charge on any atom is 0.167 e. The van der Waals surface area contributed by atoms with E-state index in [2.05, 4.69) is 15.0 Å². The molecule has 9 nitrogen and oxygen atoms in total. The van der Waals surface area contributed by atoms with Gasteiger partial charge in [0.1, 0.15) is 29.7 Å². The van der Waals surface area contributed by atoms with Gasteiger partial charge < -0.3 is 25.8 Å². The summed E-state index contributed by atoms with van der Waals surface area (Å²) in [4.78, 5) is 12.1. The molecule has 2 aliphatic rings. The highest BCUT2D eigenvalue weighted by Crippen LogP contribution is 2.57. The molecule has 1 aliphatic carbocycles. The van der Waals surface area contributed by atoms with Crippen molar-refractivity contribution in [3.63, 3.8) is 0 Å². The summed E-state index contributed by atoms with van der Waals surface area (Å²) in [7, 11) is 0. The minimum atomic E-state index is -1.13. The highest BCUT2D eigenvalue weighted by atomic mass is 16.6. The predicted molar refractivity (Wildman–Crippen MR) is 69.8 cm³/mol. The minimum absolute atomic E-state index is 0.0870. The van der Waals surface area contributed by atoms with Crippen LogP contribution in [0.25, 0.3) is 11.2 Å². The van der Waals surface area contributed by atoms with Gasteiger partial charge in [-0.25, -0.2) is 15.0 Å². The molecule has 1 saturated carbocycles. The minimum Gasteiger partial charge on any atom is -0.396 e. The van der Waals surface area contributed by atoms with E-state index in [4.69, 9.17) is 10.5 Å². The number of aromatic nitrogens is 4. The van der Waals surface area contributed by atoms with Crippen LogP contribution in [0.15, 0.2) is 12.7 Å². The molecule has 0 amide bonds. The van der Waals surface area contributed by atoms with Gasteiger partial charge in [0.15, 0.2) is 17.7 Å². The van der Waals surface area contributed by atoms with Crippen LogP contribution in [0.4, 0.5) is 5.82 Å². The Morgan fingerprint density at radius 2 is 2.19 bits per heavy atom. The first-order valence-corrected chi connectivity index (χ1v) is 6.66. The summed E-state index contributed by atoms with van der Waals surface area (Å²) in [5, 5.41) is 29.7. The van der Waals surface area contributed by atoms with E-state index >= 15 is 0 Å². The quantitative estimate of drug-likeness (QED) is 0.519. The van der Waals surface area contributed by atoms with Crippen LogP contribution >= 0.6 is 0 Å². The van der Waals surface area contributed by atoms with Gasteiger partial charge in [0, 0.05) is 12.5 Å². The van der Waals surface area contributed by atoms with Crippen molar-refractivity contribution in [1.29, 1.82) is 0 Å².